The van der Waals surface area contributed by atoms with Crippen LogP contribution in [0.25, 0.3) is 0 Å². The predicted molar refractivity (Wildman–Crippen MR) is 123 cm³/mol. The van der Waals surface area contributed by atoms with E-state index in [2.05, 4.69) is 10.4 Å². The van der Waals surface area contributed by atoms with Gasteiger partial charge >= 0.3 is 0 Å². The summed E-state index contributed by atoms with van der Waals surface area (Å²) in [6.45, 7) is 0.891. The maximum atomic E-state index is 12.7. The third-order valence-corrected chi connectivity index (χ3v) is 5.37. The number of carbonyl (C=O) groups is 1. The van der Waals surface area contributed by atoms with E-state index in [-0.39, 0.29) is 12.5 Å². The zero-order chi connectivity index (χ0) is 21.6. The molecule has 31 heavy (non-hydrogen) atoms. The van der Waals surface area contributed by atoms with E-state index < -0.39 is 0 Å². The van der Waals surface area contributed by atoms with Crippen molar-refractivity contribution in [2.24, 2.45) is 0 Å². The van der Waals surface area contributed by atoms with Crippen molar-refractivity contribution in [1.29, 1.82) is 0 Å². The average Bonchev–Trinajstić information content (AvgIpc) is 3.22. The molecule has 0 aliphatic heterocycles. The van der Waals surface area contributed by atoms with Gasteiger partial charge in [0.2, 0.25) is 0 Å². The second kappa shape index (κ2) is 9.69. The summed E-state index contributed by atoms with van der Waals surface area (Å²) < 4.78 is 7.53. The number of anilines is 1. The highest BCUT2D eigenvalue weighted by Gasteiger charge is 2.10. The lowest BCUT2D eigenvalue weighted by atomic mass is 10.1. The Kier molecular flexibility index (Phi) is 6.55. The zero-order valence-electron chi connectivity index (χ0n) is 16.5. The number of benzene rings is 3. The number of nitrogens with zero attached hydrogens (tertiary/aromatic N) is 2. The first-order chi connectivity index (χ1) is 15.1. The topological polar surface area (TPSA) is 56.2 Å². The standard InChI is InChI=1S/C24H19Cl2N3O2/c25-20-10-5-11-21(23(20)26)31-16-18-8-4-9-19(14-18)24(30)27-22-12-13-29(28-22)15-17-6-2-1-3-7-17/h1-14H,15-16H2,(H,27,28,30). The number of amides is 1. The Morgan fingerprint density at radius 2 is 1.71 bits per heavy atom. The fraction of sp³-hybridized carbons (Fsp3) is 0.0833. The monoisotopic (exact) mass is 451 g/mol. The average molecular weight is 452 g/mol. The van der Waals surface area contributed by atoms with E-state index in [0.29, 0.717) is 33.7 Å². The van der Waals surface area contributed by atoms with E-state index in [1.807, 2.05) is 42.6 Å². The summed E-state index contributed by atoms with van der Waals surface area (Å²) in [7, 11) is 0. The Labute approximate surface area is 190 Å². The van der Waals surface area contributed by atoms with Crippen LogP contribution in [0.15, 0.2) is 85.1 Å². The molecule has 7 heteroatoms. The van der Waals surface area contributed by atoms with E-state index in [0.717, 1.165) is 11.1 Å². The van der Waals surface area contributed by atoms with Crippen LogP contribution in [0.4, 0.5) is 5.82 Å². The van der Waals surface area contributed by atoms with E-state index in [1.54, 1.807) is 47.1 Å². The summed E-state index contributed by atoms with van der Waals surface area (Å²) in [5.74, 6) is 0.744. The molecule has 0 spiro atoms. The second-order valence-corrected chi connectivity index (χ2v) is 7.66. The molecule has 1 N–H and O–H groups in total. The molecule has 0 unspecified atom stereocenters. The molecule has 4 rings (SSSR count). The van der Waals surface area contributed by atoms with Crippen LogP contribution in [-0.4, -0.2) is 15.7 Å². The second-order valence-electron chi connectivity index (χ2n) is 6.88. The summed E-state index contributed by atoms with van der Waals surface area (Å²) in [5.41, 5.74) is 2.48. The molecule has 0 saturated heterocycles. The van der Waals surface area contributed by atoms with E-state index in [4.69, 9.17) is 27.9 Å². The Morgan fingerprint density at radius 3 is 2.55 bits per heavy atom. The lowest BCUT2D eigenvalue weighted by molar-refractivity contribution is 0.102. The fourth-order valence-electron chi connectivity index (χ4n) is 3.03. The Hall–Kier alpha value is -3.28. The van der Waals surface area contributed by atoms with Crippen LogP contribution in [0.1, 0.15) is 21.5 Å². The van der Waals surface area contributed by atoms with Crippen LogP contribution in [0.2, 0.25) is 10.0 Å². The highest BCUT2D eigenvalue weighted by atomic mass is 35.5. The summed E-state index contributed by atoms with van der Waals surface area (Å²) in [5, 5.41) is 8.05. The highest BCUT2D eigenvalue weighted by Crippen LogP contribution is 2.32. The predicted octanol–water partition coefficient (Wildman–Crippen LogP) is 6.07. The molecular weight excluding hydrogens is 433 g/mol. The van der Waals surface area contributed by atoms with Crippen LogP contribution in [-0.2, 0) is 13.2 Å². The van der Waals surface area contributed by atoms with Gasteiger partial charge < -0.3 is 10.1 Å². The summed E-state index contributed by atoms with van der Waals surface area (Å²) in [6.07, 6.45) is 1.83. The zero-order valence-corrected chi connectivity index (χ0v) is 18.0. The molecule has 0 radical (unpaired) electrons. The molecule has 1 amide bonds. The van der Waals surface area contributed by atoms with Gasteiger partial charge in [0.15, 0.2) is 5.82 Å². The van der Waals surface area contributed by atoms with Crippen molar-refractivity contribution < 1.29 is 9.53 Å². The van der Waals surface area contributed by atoms with Crippen molar-refractivity contribution >= 4 is 34.9 Å². The van der Waals surface area contributed by atoms with E-state index in [1.165, 1.54) is 0 Å². The summed E-state index contributed by atoms with van der Waals surface area (Å²) in [6, 6.07) is 24.2. The summed E-state index contributed by atoms with van der Waals surface area (Å²) in [4.78, 5) is 12.7. The number of nitrogens with one attached hydrogen (secondary N) is 1. The van der Waals surface area contributed by atoms with E-state index in [9.17, 15) is 4.79 Å². The minimum atomic E-state index is -0.243. The molecular formula is C24H19Cl2N3O2. The van der Waals surface area contributed by atoms with Gasteiger partial charge in [-0.25, -0.2) is 0 Å². The van der Waals surface area contributed by atoms with Gasteiger partial charge in [-0.05, 0) is 35.4 Å². The molecule has 5 nitrogen and oxygen atoms in total. The number of rotatable bonds is 7. The molecule has 4 aromatic rings. The first-order valence-electron chi connectivity index (χ1n) is 9.63. The van der Waals surface area contributed by atoms with Crippen molar-refractivity contribution in [1.82, 2.24) is 9.78 Å². The number of hydrogen-bond acceptors (Lipinski definition) is 3. The van der Waals surface area contributed by atoms with Gasteiger partial charge in [0.25, 0.3) is 5.91 Å². The van der Waals surface area contributed by atoms with Crippen LogP contribution in [0, 0.1) is 0 Å². The van der Waals surface area contributed by atoms with Crippen molar-refractivity contribution in [3.63, 3.8) is 0 Å². The van der Waals surface area contributed by atoms with Crippen molar-refractivity contribution in [3.05, 3.63) is 112 Å². The van der Waals surface area contributed by atoms with Gasteiger partial charge in [-0.3, -0.25) is 9.48 Å². The van der Waals surface area contributed by atoms with Gasteiger partial charge in [-0.1, -0.05) is 71.7 Å². The van der Waals surface area contributed by atoms with Crippen molar-refractivity contribution in [3.8, 4) is 5.75 Å². The SMILES string of the molecule is O=C(Nc1ccn(Cc2ccccc2)n1)c1cccc(COc2cccc(Cl)c2Cl)c1. The molecule has 0 aliphatic carbocycles. The minimum Gasteiger partial charge on any atom is -0.487 e. The quantitative estimate of drug-likeness (QED) is 0.370. The Balaban J connectivity index is 1.38. The molecule has 0 atom stereocenters. The van der Waals surface area contributed by atoms with Crippen LogP contribution < -0.4 is 10.1 Å². The van der Waals surface area contributed by atoms with Crippen molar-refractivity contribution in [2.45, 2.75) is 13.2 Å². The number of halogens is 2. The number of hydrogen-bond donors (Lipinski definition) is 1. The van der Waals surface area contributed by atoms with Crippen LogP contribution >= 0.6 is 23.2 Å². The maximum absolute atomic E-state index is 12.7. The summed E-state index contributed by atoms with van der Waals surface area (Å²) >= 11 is 12.2. The maximum Gasteiger partial charge on any atom is 0.256 e. The first-order valence-corrected chi connectivity index (χ1v) is 10.4. The smallest absolute Gasteiger partial charge is 0.256 e. The molecule has 156 valence electrons. The highest BCUT2D eigenvalue weighted by molar-refractivity contribution is 6.42. The van der Waals surface area contributed by atoms with Gasteiger partial charge in [-0.2, -0.15) is 5.10 Å². The third-order valence-electron chi connectivity index (χ3n) is 4.57. The van der Waals surface area contributed by atoms with E-state index >= 15 is 0 Å². The number of carbonyl (C=O) groups excluding carboxylic acids is 1. The van der Waals surface area contributed by atoms with Gasteiger partial charge in [-0.15, -0.1) is 0 Å². The van der Waals surface area contributed by atoms with Gasteiger partial charge in [0, 0.05) is 17.8 Å². The lowest BCUT2D eigenvalue weighted by Crippen LogP contribution is -2.13. The number of aromatic nitrogens is 2. The Morgan fingerprint density at radius 1 is 0.935 bits per heavy atom. The van der Waals surface area contributed by atoms with Crippen LogP contribution in [0.5, 0.6) is 5.75 Å². The van der Waals surface area contributed by atoms with Crippen molar-refractivity contribution in [2.75, 3.05) is 5.32 Å². The number of ether oxygens (including phenoxy) is 1. The molecule has 1 aromatic heterocycles. The molecule has 3 aromatic carbocycles. The molecule has 0 fully saturated rings. The third kappa shape index (κ3) is 5.45. The molecule has 1 heterocycles. The van der Waals surface area contributed by atoms with Crippen LogP contribution in [0.3, 0.4) is 0 Å². The molecule has 0 aliphatic rings. The van der Waals surface area contributed by atoms with Gasteiger partial charge in [0.1, 0.15) is 17.4 Å². The largest absolute Gasteiger partial charge is 0.487 e. The Bertz CT molecular complexity index is 1190. The lowest BCUT2D eigenvalue weighted by Gasteiger charge is -2.10. The van der Waals surface area contributed by atoms with Gasteiger partial charge in [0.05, 0.1) is 11.6 Å². The normalized spacial score (nSPS) is 10.6. The minimum absolute atomic E-state index is 0.243. The molecule has 0 bridgehead atoms. The first kappa shape index (κ1) is 21.0. The fourth-order valence-corrected chi connectivity index (χ4v) is 3.38. The molecule has 0 saturated carbocycles.